The molecule has 0 radical (unpaired) electrons. The molecule has 1 amide bonds. The first-order valence-corrected chi connectivity index (χ1v) is 9.65. The number of nitrogens with zero attached hydrogens (tertiary/aromatic N) is 1. The van der Waals surface area contributed by atoms with Gasteiger partial charge in [-0.05, 0) is 68.9 Å². The van der Waals surface area contributed by atoms with E-state index in [0.717, 1.165) is 32.1 Å². The largest absolute Gasteiger partial charge is 0.393 e. The Morgan fingerprint density at radius 2 is 2.23 bits per heavy atom. The van der Waals surface area contributed by atoms with E-state index in [9.17, 15) is 14.7 Å². The first-order valence-electron chi connectivity index (χ1n) is 9.24. The van der Waals surface area contributed by atoms with E-state index < -0.39 is 0 Å². The number of aromatic amines is 1. The van der Waals surface area contributed by atoms with Crippen LogP contribution in [0.3, 0.4) is 0 Å². The lowest BCUT2D eigenvalue weighted by atomic mass is 10.00. The van der Waals surface area contributed by atoms with Crippen molar-refractivity contribution < 1.29 is 9.90 Å². The number of aliphatic hydroxyl groups excluding tert-OH is 1. The predicted molar refractivity (Wildman–Crippen MR) is 104 cm³/mol. The number of nitrogens with one attached hydrogen (secondary N) is 2. The number of benzene rings is 1. The predicted octanol–water partition coefficient (Wildman–Crippen LogP) is 2.75. The summed E-state index contributed by atoms with van der Waals surface area (Å²) >= 11 is 5.21. The molecule has 6 nitrogen and oxygen atoms in total. The maximum atomic E-state index is 12.4. The molecule has 2 aromatic rings. The van der Waals surface area contributed by atoms with Crippen LogP contribution in [0.25, 0.3) is 10.9 Å². The fourth-order valence-corrected chi connectivity index (χ4v) is 4.03. The molecule has 3 N–H and O–H groups in total. The third-order valence-electron chi connectivity index (χ3n) is 5.22. The number of aliphatic hydroxyl groups is 1. The topological polar surface area (TPSA) is 87.1 Å². The summed E-state index contributed by atoms with van der Waals surface area (Å²) in [5.41, 5.74) is 0.928. The van der Waals surface area contributed by atoms with Crippen LogP contribution in [-0.4, -0.2) is 33.2 Å². The van der Waals surface area contributed by atoms with Gasteiger partial charge in [0.2, 0.25) is 0 Å². The third kappa shape index (κ3) is 3.88. The summed E-state index contributed by atoms with van der Waals surface area (Å²) in [6.07, 6.45) is 4.68. The molecule has 26 heavy (non-hydrogen) atoms. The molecule has 1 fully saturated rings. The van der Waals surface area contributed by atoms with E-state index in [1.165, 1.54) is 4.57 Å². The van der Waals surface area contributed by atoms with Crippen LogP contribution in [0.5, 0.6) is 0 Å². The van der Waals surface area contributed by atoms with Crippen molar-refractivity contribution in [3.8, 4) is 0 Å². The van der Waals surface area contributed by atoms with Crippen LogP contribution in [0.4, 0.5) is 0 Å². The molecule has 140 valence electrons. The molecule has 0 unspecified atom stereocenters. The Bertz CT molecular complexity index is 918. The first kappa shape index (κ1) is 18.8. The second kappa shape index (κ2) is 8.14. The van der Waals surface area contributed by atoms with Gasteiger partial charge in [0.05, 0.1) is 17.0 Å². The first-order chi connectivity index (χ1) is 12.5. The Morgan fingerprint density at radius 1 is 1.42 bits per heavy atom. The van der Waals surface area contributed by atoms with Gasteiger partial charge in [0.1, 0.15) is 0 Å². The second-order valence-electron chi connectivity index (χ2n) is 6.90. The van der Waals surface area contributed by atoms with Crippen molar-refractivity contribution in [1.82, 2.24) is 14.9 Å². The number of fused-ring (bicyclic) bond motifs is 1. The standard InChI is InChI=1S/C19H25N3O3S/c1-2-22-18(25)14-9-8-13(11-15(14)21-19(22)26)17(24)20-10-4-6-12-5-3-7-16(12)23/h8-9,11-12,16,23H,2-7,10H2,1H3,(H,20,24)(H,21,26)/t12-,16+/m1/s1. The Kier molecular flexibility index (Phi) is 5.88. The summed E-state index contributed by atoms with van der Waals surface area (Å²) in [5.74, 6) is 0.200. The summed E-state index contributed by atoms with van der Waals surface area (Å²) in [6.45, 7) is 2.94. The highest BCUT2D eigenvalue weighted by Gasteiger charge is 2.24. The molecule has 1 aliphatic rings. The van der Waals surface area contributed by atoms with Gasteiger partial charge >= 0.3 is 0 Å². The van der Waals surface area contributed by atoms with Gasteiger partial charge in [-0.2, -0.15) is 0 Å². The van der Waals surface area contributed by atoms with E-state index in [1.807, 2.05) is 6.92 Å². The molecule has 0 bridgehead atoms. The SMILES string of the molecule is CCn1c(=S)[nH]c2cc(C(=O)NCCC[C@H]3CCC[C@@H]3O)ccc2c1=O. The number of hydrogen-bond acceptors (Lipinski definition) is 4. The fourth-order valence-electron chi connectivity index (χ4n) is 3.71. The van der Waals surface area contributed by atoms with Crippen LogP contribution in [0.1, 0.15) is 49.4 Å². The van der Waals surface area contributed by atoms with E-state index in [1.54, 1.807) is 18.2 Å². The molecule has 1 aliphatic carbocycles. The van der Waals surface area contributed by atoms with Gasteiger partial charge in [0.15, 0.2) is 4.77 Å². The average Bonchev–Trinajstić information content (AvgIpc) is 3.03. The highest BCUT2D eigenvalue weighted by Crippen LogP contribution is 2.28. The molecule has 1 heterocycles. The molecular formula is C19H25N3O3S. The van der Waals surface area contributed by atoms with Crippen LogP contribution in [-0.2, 0) is 6.54 Å². The second-order valence-corrected chi connectivity index (χ2v) is 7.28. The molecule has 1 saturated carbocycles. The number of hydrogen-bond donors (Lipinski definition) is 3. The van der Waals surface area contributed by atoms with Gasteiger partial charge in [0, 0.05) is 18.7 Å². The van der Waals surface area contributed by atoms with Gasteiger partial charge < -0.3 is 15.4 Å². The summed E-state index contributed by atoms with van der Waals surface area (Å²) < 4.78 is 1.85. The zero-order valence-electron chi connectivity index (χ0n) is 15.0. The molecule has 1 aromatic carbocycles. The molecule has 3 rings (SSSR count). The molecule has 7 heteroatoms. The van der Waals surface area contributed by atoms with Gasteiger partial charge in [-0.3, -0.25) is 14.2 Å². The lowest BCUT2D eigenvalue weighted by Crippen LogP contribution is -2.26. The smallest absolute Gasteiger partial charge is 0.262 e. The zero-order valence-corrected chi connectivity index (χ0v) is 15.8. The van der Waals surface area contributed by atoms with Crippen molar-refractivity contribution >= 4 is 29.0 Å². The monoisotopic (exact) mass is 375 g/mol. The van der Waals surface area contributed by atoms with Crippen molar-refractivity contribution in [2.24, 2.45) is 5.92 Å². The maximum absolute atomic E-state index is 12.4. The van der Waals surface area contributed by atoms with Gasteiger partial charge in [-0.1, -0.05) is 6.42 Å². The number of carbonyl (C=O) groups excluding carboxylic acids is 1. The summed E-state index contributed by atoms with van der Waals surface area (Å²) in [6, 6.07) is 5.00. The summed E-state index contributed by atoms with van der Waals surface area (Å²) in [4.78, 5) is 27.8. The van der Waals surface area contributed by atoms with Gasteiger partial charge in [-0.25, -0.2) is 0 Å². The number of amides is 1. The zero-order chi connectivity index (χ0) is 18.7. The summed E-state index contributed by atoms with van der Waals surface area (Å²) in [7, 11) is 0. The highest BCUT2D eigenvalue weighted by molar-refractivity contribution is 7.71. The molecule has 0 saturated heterocycles. The fraction of sp³-hybridized carbons (Fsp3) is 0.526. The van der Waals surface area contributed by atoms with Crippen molar-refractivity contribution in [2.45, 2.75) is 51.7 Å². The molecule has 1 aromatic heterocycles. The van der Waals surface area contributed by atoms with Crippen molar-refractivity contribution in [1.29, 1.82) is 0 Å². The van der Waals surface area contributed by atoms with Crippen molar-refractivity contribution in [2.75, 3.05) is 6.54 Å². The normalized spacial score (nSPS) is 19.8. The number of carbonyl (C=O) groups is 1. The minimum absolute atomic E-state index is 0.145. The Hall–Kier alpha value is -1.99. The Balaban J connectivity index is 1.65. The molecule has 0 aliphatic heterocycles. The third-order valence-corrected chi connectivity index (χ3v) is 5.54. The van der Waals surface area contributed by atoms with Crippen LogP contribution in [0, 0.1) is 10.7 Å². The Morgan fingerprint density at radius 3 is 2.92 bits per heavy atom. The minimum atomic E-state index is -0.179. The molecule has 2 atom stereocenters. The quantitative estimate of drug-likeness (QED) is 0.535. The van der Waals surface area contributed by atoms with Crippen LogP contribution in [0.2, 0.25) is 0 Å². The van der Waals surface area contributed by atoms with E-state index >= 15 is 0 Å². The number of rotatable bonds is 6. The van der Waals surface area contributed by atoms with Gasteiger partial charge in [-0.15, -0.1) is 0 Å². The number of aromatic nitrogens is 2. The van der Waals surface area contributed by atoms with E-state index in [0.29, 0.717) is 40.2 Å². The molecule has 0 spiro atoms. The summed E-state index contributed by atoms with van der Waals surface area (Å²) in [5, 5.41) is 13.3. The lowest BCUT2D eigenvalue weighted by Gasteiger charge is -2.14. The van der Waals surface area contributed by atoms with E-state index in [2.05, 4.69) is 10.3 Å². The molecular weight excluding hydrogens is 350 g/mol. The van der Waals surface area contributed by atoms with Crippen molar-refractivity contribution in [3.05, 3.63) is 38.9 Å². The maximum Gasteiger partial charge on any atom is 0.262 e. The van der Waals surface area contributed by atoms with E-state index in [-0.39, 0.29) is 17.6 Å². The minimum Gasteiger partial charge on any atom is -0.393 e. The van der Waals surface area contributed by atoms with Crippen LogP contribution in [0.15, 0.2) is 23.0 Å². The highest BCUT2D eigenvalue weighted by atomic mass is 32.1. The Labute approximate surface area is 157 Å². The van der Waals surface area contributed by atoms with E-state index in [4.69, 9.17) is 12.2 Å². The number of H-pyrrole nitrogens is 1. The average molecular weight is 375 g/mol. The van der Waals surface area contributed by atoms with Crippen LogP contribution >= 0.6 is 12.2 Å². The van der Waals surface area contributed by atoms with Crippen molar-refractivity contribution in [3.63, 3.8) is 0 Å². The van der Waals surface area contributed by atoms with Gasteiger partial charge in [0.25, 0.3) is 11.5 Å². The lowest BCUT2D eigenvalue weighted by molar-refractivity contribution is 0.0950. The van der Waals surface area contributed by atoms with Crippen LogP contribution < -0.4 is 10.9 Å².